The molecule has 31 heavy (non-hydrogen) atoms. The predicted octanol–water partition coefficient (Wildman–Crippen LogP) is 6.05. The number of ether oxygens (including phenoxy) is 2. The Balaban J connectivity index is 1.76. The fraction of sp³-hybridized carbons (Fsp3) is 0.208. The summed E-state index contributed by atoms with van der Waals surface area (Å²) in [5.41, 5.74) is 3.66. The van der Waals surface area contributed by atoms with Crippen LogP contribution in [0, 0.1) is 0 Å². The van der Waals surface area contributed by atoms with Crippen LogP contribution in [0.15, 0.2) is 70.1 Å². The third-order valence-corrected chi connectivity index (χ3v) is 6.18. The van der Waals surface area contributed by atoms with Crippen LogP contribution < -0.4 is 14.8 Å². The second kappa shape index (κ2) is 9.30. The molecule has 0 unspecified atom stereocenters. The Hall–Kier alpha value is -2.54. The quantitative estimate of drug-likeness (QED) is 0.447. The molecule has 0 bridgehead atoms. The molecule has 0 saturated heterocycles. The Morgan fingerprint density at radius 1 is 1.03 bits per heavy atom. The first-order chi connectivity index (χ1) is 15.0. The molecule has 0 saturated carbocycles. The van der Waals surface area contributed by atoms with Crippen LogP contribution in [0.5, 0.6) is 17.2 Å². The van der Waals surface area contributed by atoms with Gasteiger partial charge in [0.25, 0.3) is 0 Å². The highest BCUT2D eigenvalue weighted by Crippen LogP contribution is 2.37. The highest BCUT2D eigenvalue weighted by Gasteiger charge is 2.28. The highest BCUT2D eigenvalue weighted by molar-refractivity contribution is 9.10. The van der Waals surface area contributed by atoms with Gasteiger partial charge in [-0.1, -0.05) is 17.7 Å². The number of aliphatic imine (C=N–C) groups is 1. The summed E-state index contributed by atoms with van der Waals surface area (Å²) in [4.78, 5) is 4.99. The molecule has 3 aromatic rings. The van der Waals surface area contributed by atoms with E-state index in [1.54, 1.807) is 32.4 Å². The van der Waals surface area contributed by atoms with Crippen LogP contribution in [0.3, 0.4) is 0 Å². The average molecular weight is 502 g/mol. The zero-order valence-electron chi connectivity index (χ0n) is 17.1. The van der Waals surface area contributed by atoms with Crippen molar-refractivity contribution >= 4 is 33.2 Å². The zero-order valence-corrected chi connectivity index (χ0v) is 19.4. The average Bonchev–Trinajstić information content (AvgIpc) is 2.80. The van der Waals surface area contributed by atoms with Gasteiger partial charge < -0.3 is 14.6 Å². The summed E-state index contributed by atoms with van der Waals surface area (Å²) in [5, 5.41) is 14.6. The Kier molecular flexibility index (Phi) is 6.51. The molecular weight excluding hydrogens is 480 g/mol. The van der Waals surface area contributed by atoms with Gasteiger partial charge in [0, 0.05) is 28.8 Å². The van der Waals surface area contributed by atoms with Crippen LogP contribution in [0.4, 0.5) is 0 Å². The van der Waals surface area contributed by atoms with Crippen LogP contribution in [-0.2, 0) is 0 Å². The Labute approximate surface area is 194 Å². The lowest BCUT2D eigenvalue weighted by Gasteiger charge is -2.31. The molecule has 5 nitrogen and oxygen atoms in total. The van der Waals surface area contributed by atoms with E-state index in [0.717, 1.165) is 38.4 Å². The van der Waals surface area contributed by atoms with E-state index in [4.69, 9.17) is 26.1 Å². The Morgan fingerprint density at radius 3 is 2.48 bits per heavy atom. The molecule has 0 fully saturated rings. The largest absolute Gasteiger partial charge is 0.508 e. The third kappa shape index (κ3) is 4.71. The second-order valence-electron chi connectivity index (χ2n) is 7.23. The third-order valence-electron chi connectivity index (χ3n) is 5.32. The summed E-state index contributed by atoms with van der Waals surface area (Å²) in [6.45, 7) is 0. The maximum Gasteiger partial charge on any atom is 0.133 e. The lowest BCUT2D eigenvalue weighted by atomic mass is 9.93. The maximum atomic E-state index is 10.5. The van der Waals surface area contributed by atoms with Gasteiger partial charge in [-0.2, -0.15) is 0 Å². The number of rotatable bonds is 5. The molecule has 1 heterocycles. The van der Waals surface area contributed by atoms with E-state index in [2.05, 4.69) is 21.2 Å². The van der Waals surface area contributed by atoms with Gasteiger partial charge in [0.15, 0.2) is 0 Å². The van der Waals surface area contributed by atoms with Gasteiger partial charge >= 0.3 is 0 Å². The van der Waals surface area contributed by atoms with Crippen molar-refractivity contribution in [2.75, 3.05) is 14.2 Å². The lowest BCUT2D eigenvalue weighted by molar-refractivity contribution is 0.406. The Bertz CT molecular complexity index is 1120. The molecule has 2 N–H and O–H groups in total. The van der Waals surface area contributed by atoms with E-state index in [-0.39, 0.29) is 18.0 Å². The molecule has 7 heteroatoms. The molecule has 3 aromatic carbocycles. The van der Waals surface area contributed by atoms with Crippen molar-refractivity contribution in [2.24, 2.45) is 4.99 Å². The van der Waals surface area contributed by atoms with Crippen molar-refractivity contribution in [2.45, 2.75) is 18.6 Å². The van der Waals surface area contributed by atoms with Gasteiger partial charge in [0.1, 0.15) is 23.4 Å². The number of hydrogen-bond acceptors (Lipinski definition) is 5. The fourth-order valence-corrected chi connectivity index (χ4v) is 4.43. The summed E-state index contributed by atoms with van der Waals surface area (Å²) in [7, 11) is 3.28. The Morgan fingerprint density at radius 2 is 1.81 bits per heavy atom. The summed E-state index contributed by atoms with van der Waals surface area (Å²) in [6, 6.07) is 18.7. The SMILES string of the molecule is COc1ccc(C2=N[C@H](c3ccc(OC)c(Br)c3)N[C@H](c3cc(Cl)ccc3O)C2)cc1. The number of aromatic hydroxyl groups is 1. The first kappa shape index (κ1) is 21.7. The van der Waals surface area contributed by atoms with Crippen molar-refractivity contribution in [1.82, 2.24) is 5.32 Å². The summed E-state index contributed by atoms with van der Waals surface area (Å²) < 4.78 is 11.5. The molecule has 4 rings (SSSR count). The van der Waals surface area contributed by atoms with Crippen LogP contribution in [-0.4, -0.2) is 25.0 Å². The number of phenols is 1. The number of halogens is 2. The molecule has 0 amide bonds. The van der Waals surface area contributed by atoms with E-state index in [1.165, 1.54) is 0 Å². The van der Waals surface area contributed by atoms with Crippen molar-refractivity contribution in [3.05, 3.63) is 86.8 Å². The molecular formula is C24H22BrClN2O3. The van der Waals surface area contributed by atoms with Gasteiger partial charge in [-0.05, 0) is 81.7 Å². The van der Waals surface area contributed by atoms with Gasteiger partial charge in [-0.3, -0.25) is 10.3 Å². The highest BCUT2D eigenvalue weighted by atomic mass is 79.9. The van der Waals surface area contributed by atoms with Gasteiger partial charge in [-0.25, -0.2) is 0 Å². The van der Waals surface area contributed by atoms with Crippen molar-refractivity contribution in [3.8, 4) is 17.2 Å². The minimum absolute atomic E-state index is 0.167. The number of benzene rings is 3. The van der Waals surface area contributed by atoms with E-state index in [1.807, 2.05) is 42.5 Å². The van der Waals surface area contributed by atoms with E-state index >= 15 is 0 Å². The monoisotopic (exact) mass is 500 g/mol. The van der Waals surface area contributed by atoms with Crippen molar-refractivity contribution in [1.29, 1.82) is 0 Å². The number of nitrogens with zero attached hydrogens (tertiary/aromatic N) is 1. The topological polar surface area (TPSA) is 63.1 Å². The van der Waals surface area contributed by atoms with Gasteiger partial charge in [-0.15, -0.1) is 0 Å². The first-order valence-corrected chi connectivity index (χ1v) is 10.9. The molecule has 2 atom stereocenters. The normalized spacial score (nSPS) is 18.4. The first-order valence-electron chi connectivity index (χ1n) is 9.77. The van der Waals surface area contributed by atoms with Gasteiger partial charge in [0.2, 0.25) is 0 Å². The number of phenolic OH excluding ortho intramolecular Hbond substituents is 1. The lowest BCUT2D eigenvalue weighted by Crippen LogP contribution is -2.33. The summed E-state index contributed by atoms with van der Waals surface area (Å²) in [6.07, 6.45) is 0.296. The van der Waals surface area contributed by atoms with E-state index < -0.39 is 0 Å². The molecule has 1 aliphatic heterocycles. The molecule has 160 valence electrons. The number of methoxy groups -OCH3 is 2. The van der Waals surface area contributed by atoms with Crippen LogP contribution in [0.1, 0.15) is 35.3 Å². The van der Waals surface area contributed by atoms with Crippen LogP contribution in [0.25, 0.3) is 0 Å². The van der Waals surface area contributed by atoms with Crippen LogP contribution in [0.2, 0.25) is 5.02 Å². The van der Waals surface area contributed by atoms with Crippen molar-refractivity contribution in [3.63, 3.8) is 0 Å². The molecule has 0 spiro atoms. The minimum atomic E-state index is -0.309. The maximum absolute atomic E-state index is 10.5. The molecule has 0 aliphatic carbocycles. The molecule has 0 radical (unpaired) electrons. The number of hydrogen-bond donors (Lipinski definition) is 2. The molecule has 1 aliphatic rings. The van der Waals surface area contributed by atoms with Gasteiger partial charge in [0.05, 0.1) is 18.7 Å². The standard InChI is InChI=1S/C24H22BrClN2O3/c1-30-17-7-3-14(4-8-17)20-13-21(18-12-16(26)6-9-22(18)29)28-24(27-20)15-5-10-23(31-2)19(25)11-15/h3-12,21,24,28-29H,13H2,1-2H3/t21-,24-/m0/s1. The predicted molar refractivity (Wildman–Crippen MR) is 127 cm³/mol. The van der Waals surface area contributed by atoms with Crippen LogP contribution >= 0.6 is 27.5 Å². The van der Waals surface area contributed by atoms with E-state index in [0.29, 0.717) is 11.4 Å². The van der Waals surface area contributed by atoms with Crippen molar-refractivity contribution < 1.29 is 14.6 Å². The minimum Gasteiger partial charge on any atom is -0.508 e. The second-order valence-corrected chi connectivity index (χ2v) is 8.52. The molecule has 0 aromatic heterocycles. The number of nitrogens with one attached hydrogen (secondary N) is 1. The summed E-state index contributed by atoms with van der Waals surface area (Å²) >= 11 is 9.79. The van der Waals surface area contributed by atoms with E-state index in [9.17, 15) is 5.11 Å². The fourth-order valence-electron chi connectivity index (χ4n) is 3.69. The zero-order chi connectivity index (χ0) is 22.0. The smallest absolute Gasteiger partial charge is 0.133 e. The summed E-state index contributed by atoms with van der Waals surface area (Å²) in [5.74, 6) is 1.74.